The van der Waals surface area contributed by atoms with Crippen LogP contribution in [0.25, 0.3) is 10.9 Å². The maximum atomic E-state index is 13.6. The van der Waals surface area contributed by atoms with Crippen LogP contribution in [0.15, 0.2) is 38.8 Å². The largest absolute Gasteiger partial charge is 0.573 e. The molecule has 1 aliphatic rings. The second-order valence-corrected chi connectivity index (χ2v) is 15.2. The Morgan fingerprint density at radius 2 is 1.75 bits per heavy atom. The van der Waals surface area contributed by atoms with Gasteiger partial charge in [0.25, 0.3) is 5.56 Å². The number of nitrogens with zero attached hydrogens (tertiary/aromatic N) is 3. The second kappa shape index (κ2) is 13.8. The number of fused-ring (bicyclic) bond motifs is 1. The summed E-state index contributed by atoms with van der Waals surface area (Å²) in [6.45, 7) is 4.75. The van der Waals surface area contributed by atoms with E-state index in [4.69, 9.17) is 39.5 Å². The minimum absolute atomic E-state index is 0.0145. The maximum absolute atomic E-state index is 13.6. The van der Waals surface area contributed by atoms with Crippen LogP contribution in [-0.2, 0) is 27.7 Å². The summed E-state index contributed by atoms with van der Waals surface area (Å²) in [5, 5.41) is -0.941. The van der Waals surface area contributed by atoms with Crippen LogP contribution in [0.3, 0.4) is 0 Å². The number of alkyl halides is 4. The van der Waals surface area contributed by atoms with Gasteiger partial charge in [0, 0.05) is 23.0 Å². The number of aromatic nitrogens is 2. The van der Waals surface area contributed by atoms with Crippen molar-refractivity contribution in [1.82, 2.24) is 19.4 Å². The number of carbonyl (C=O) groups excluding carboxylic acids is 2. The van der Waals surface area contributed by atoms with Gasteiger partial charge in [-0.3, -0.25) is 9.36 Å². The molecule has 0 spiro atoms. The molecule has 12 nitrogen and oxygen atoms in total. The van der Waals surface area contributed by atoms with Gasteiger partial charge in [0.05, 0.1) is 45.7 Å². The quantitative estimate of drug-likeness (QED) is 0.265. The van der Waals surface area contributed by atoms with Gasteiger partial charge in [0.2, 0.25) is 0 Å². The molecule has 1 atom stereocenters. The van der Waals surface area contributed by atoms with Crippen molar-refractivity contribution in [3.63, 3.8) is 0 Å². The average Bonchev–Trinajstić information content (AvgIpc) is 3.26. The van der Waals surface area contributed by atoms with E-state index >= 15 is 0 Å². The lowest BCUT2D eigenvalue weighted by molar-refractivity contribution is -0.274. The first-order chi connectivity index (χ1) is 22.2. The molecule has 3 amide bonds. The van der Waals surface area contributed by atoms with Crippen LogP contribution in [0.4, 0.5) is 22.8 Å². The lowest BCUT2D eigenvalue weighted by atomic mass is 10.1. The molecule has 1 saturated heterocycles. The molecule has 48 heavy (non-hydrogen) atoms. The molecule has 2 heterocycles. The molecule has 1 N–H and O–H groups in total. The number of halogens is 6. The van der Waals surface area contributed by atoms with Gasteiger partial charge in [-0.2, -0.15) is 0 Å². The predicted molar refractivity (Wildman–Crippen MR) is 172 cm³/mol. The van der Waals surface area contributed by atoms with Crippen LogP contribution in [0.5, 0.6) is 5.75 Å². The molecular weight excluding hydrogens is 728 g/mol. The van der Waals surface area contributed by atoms with E-state index in [1.165, 1.54) is 25.1 Å². The van der Waals surface area contributed by atoms with Crippen molar-refractivity contribution < 1.29 is 40.7 Å². The number of rotatable bonds is 9. The van der Waals surface area contributed by atoms with Crippen LogP contribution in [0.1, 0.15) is 45.2 Å². The fourth-order valence-corrected chi connectivity index (χ4v) is 6.97. The second-order valence-electron chi connectivity index (χ2n) is 11.8. The first kappa shape index (κ1) is 37.4. The number of sulfone groups is 1. The zero-order chi connectivity index (χ0) is 35.9. The Balaban J connectivity index is 1.84. The smallest absolute Gasteiger partial charge is 0.443 e. The standard InChI is InChI=1S/C29H30Cl3F3N4O8S/c1-5-48(44,45)21-7-6-16(31)10-15(21)12-38-24(40)18-11-20(46-29(33,34)35)19(22(32)23(18)36-25(38)41)14-37-13-17(8-9-30)39(26(37)42)27(43)47-28(2,3)4/h6-7,10-11,17H,5,8-9,12-14H2,1-4H3,(H,36,41). The number of hydrogen-bond acceptors (Lipinski definition) is 8. The number of aromatic amines is 1. The normalized spacial score (nSPS) is 15.8. The van der Waals surface area contributed by atoms with Crippen LogP contribution < -0.4 is 16.0 Å². The number of amides is 3. The van der Waals surface area contributed by atoms with Crippen molar-refractivity contribution in [3.8, 4) is 5.75 Å². The Labute approximate surface area is 287 Å². The van der Waals surface area contributed by atoms with Crippen molar-refractivity contribution in [2.75, 3.05) is 18.2 Å². The molecule has 3 aromatic rings. The minimum Gasteiger partial charge on any atom is -0.443 e. The van der Waals surface area contributed by atoms with Gasteiger partial charge in [0.1, 0.15) is 11.4 Å². The Morgan fingerprint density at radius 3 is 2.33 bits per heavy atom. The van der Waals surface area contributed by atoms with Gasteiger partial charge in [-0.15, -0.1) is 24.8 Å². The number of nitrogens with one attached hydrogen (secondary N) is 1. The first-order valence-electron chi connectivity index (χ1n) is 14.3. The monoisotopic (exact) mass is 756 g/mol. The average molecular weight is 758 g/mol. The summed E-state index contributed by atoms with van der Waals surface area (Å²) < 4.78 is 76.5. The van der Waals surface area contributed by atoms with Gasteiger partial charge in [-0.1, -0.05) is 30.1 Å². The summed E-state index contributed by atoms with van der Waals surface area (Å²) in [6, 6.07) is 2.80. The highest BCUT2D eigenvalue weighted by Gasteiger charge is 2.44. The molecule has 19 heteroatoms. The molecule has 0 radical (unpaired) electrons. The summed E-state index contributed by atoms with van der Waals surface area (Å²) in [5.74, 6) is -1.22. The molecule has 0 bridgehead atoms. The lowest BCUT2D eigenvalue weighted by Gasteiger charge is -2.26. The Morgan fingerprint density at radius 1 is 1.08 bits per heavy atom. The highest BCUT2D eigenvalue weighted by molar-refractivity contribution is 7.91. The minimum atomic E-state index is -5.28. The van der Waals surface area contributed by atoms with Crippen molar-refractivity contribution in [2.24, 2.45) is 0 Å². The van der Waals surface area contributed by atoms with E-state index in [1.807, 2.05) is 0 Å². The fourth-order valence-electron chi connectivity index (χ4n) is 5.11. The van der Waals surface area contributed by atoms with E-state index in [9.17, 15) is 40.8 Å². The molecule has 262 valence electrons. The Kier molecular flexibility index (Phi) is 10.7. The molecule has 0 saturated carbocycles. The number of carbonyl (C=O) groups is 2. The van der Waals surface area contributed by atoms with Crippen molar-refractivity contribution in [2.45, 2.75) is 70.1 Å². The summed E-state index contributed by atoms with van der Waals surface area (Å²) in [7, 11) is -3.84. The van der Waals surface area contributed by atoms with Crippen LogP contribution in [-0.4, -0.2) is 76.1 Å². The third-order valence-corrected chi connectivity index (χ3v) is 9.92. The summed E-state index contributed by atoms with van der Waals surface area (Å²) >= 11 is 18.5. The molecule has 1 fully saturated rings. The van der Waals surface area contributed by atoms with Crippen molar-refractivity contribution >= 4 is 67.7 Å². The zero-order valence-corrected chi connectivity index (χ0v) is 29.0. The number of H-pyrrole nitrogens is 1. The third kappa shape index (κ3) is 8.04. The lowest BCUT2D eigenvalue weighted by Crippen LogP contribution is -2.43. The molecule has 0 aliphatic carbocycles. The van der Waals surface area contributed by atoms with Gasteiger partial charge < -0.3 is 19.4 Å². The molecular formula is C29H30Cl3F3N4O8S. The van der Waals surface area contributed by atoms with E-state index in [-0.39, 0.29) is 45.6 Å². The SMILES string of the molecule is CCS(=O)(=O)c1ccc(Cl)cc1Cn1c(=O)[nH]c2c(Cl)c(CN3CC(CCCl)N(C(=O)OC(C)(C)C)C3=O)c(OC(F)(F)F)cc2c1=O. The maximum Gasteiger partial charge on any atom is 0.573 e. The highest BCUT2D eigenvalue weighted by Crippen LogP contribution is 2.37. The summed E-state index contributed by atoms with van der Waals surface area (Å²) in [6.07, 6.45) is -6.13. The zero-order valence-electron chi connectivity index (χ0n) is 25.9. The molecule has 1 aromatic heterocycles. The van der Waals surface area contributed by atoms with E-state index in [0.29, 0.717) is 10.6 Å². The highest BCUT2D eigenvalue weighted by atomic mass is 35.5. The van der Waals surface area contributed by atoms with E-state index in [1.54, 1.807) is 20.8 Å². The van der Waals surface area contributed by atoms with Crippen LogP contribution in [0.2, 0.25) is 10.0 Å². The molecule has 1 unspecified atom stereocenters. The van der Waals surface area contributed by atoms with Crippen LogP contribution >= 0.6 is 34.8 Å². The van der Waals surface area contributed by atoms with Crippen molar-refractivity contribution in [1.29, 1.82) is 0 Å². The predicted octanol–water partition coefficient (Wildman–Crippen LogP) is 5.91. The van der Waals surface area contributed by atoms with Gasteiger partial charge in [-0.05, 0) is 57.0 Å². The van der Waals surface area contributed by atoms with E-state index in [2.05, 4.69) is 9.72 Å². The molecule has 4 rings (SSSR count). The topological polar surface area (TPSA) is 148 Å². The number of imide groups is 1. The Bertz CT molecular complexity index is 1990. The van der Waals surface area contributed by atoms with E-state index in [0.717, 1.165) is 9.80 Å². The first-order valence-corrected chi connectivity index (χ1v) is 17.2. The summed E-state index contributed by atoms with van der Waals surface area (Å²) in [5.41, 5.74) is -3.97. The summed E-state index contributed by atoms with van der Waals surface area (Å²) in [4.78, 5) is 57.2. The van der Waals surface area contributed by atoms with Crippen molar-refractivity contribution in [3.05, 3.63) is 66.3 Å². The van der Waals surface area contributed by atoms with Gasteiger partial charge in [-0.25, -0.2) is 27.7 Å². The number of ether oxygens (including phenoxy) is 2. The third-order valence-electron chi connectivity index (χ3n) is 7.23. The Hall–Kier alpha value is -3.47. The van der Waals surface area contributed by atoms with Gasteiger partial charge >= 0.3 is 24.2 Å². The number of hydrogen-bond donors (Lipinski definition) is 1. The molecule has 2 aromatic carbocycles. The molecule has 1 aliphatic heterocycles. The van der Waals surface area contributed by atoms with Crippen LogP contribution in [0, 0.1) is 0 Å². The van der Waals surface area contributed by atoms with E-state index < -0.39 is 86.0 Å². The van der Waals surface area contributed by atoms with Gasteiger partial charge in [0.15, 0.2) is 9.84 Å². The number of urea groups is 1. The number of benzene rings is 2. The fraction of sp³-hybridized carbons (Fsp3) is 0.448.